The molecule has 1 aliphatic rings. The summed E-state index contributed by atoms with van der Waals surface area (Å²) in [6.07, 6.45) is -0.0149. The van der Waals surface area contributed by atoms with Crippen molar-refractivity contribution >= 4 is 5.91 Å². The van der Waals surface area contributed by atoms with Gasteiger partial charge in [-0.25, -0.2) is 0 Å². The molecule has 2 heterocycles. The molecule has 0 spiro atoms. The number of methoxy groups -OCH3 is 2. The van der Waals surface area contributed by atoms with Crippen molar-refractivity contribution in [2.45, 2.75) is 25.6 Å². The molecular formula is C14H22N2O5. The predicted octanol–water partition coefficient (Wildman–Crippen LogP) is 0.318. The summed E-state index contributed by atoms with van der Waals surface area (Å²) in [7, 11) is 3.28. The van der Waals surface area contributed by atoms with Crippen molar-refractivity contribution in [2.24, 2.45) is 5.92 Å². The fourth-order valence-corrected chi connectivity index (χ4v) is 2.52. The van der Waals surface area contributed by atoms with Gasteiger partial charge in [-0.05, 0) is 6.92 Å². The third-order valence-corrected chi connectivity index (χ3v) is 3.59. The zero-order chi connectivity index (χ0) is 15.2. The lowest BCUT2D eigenvalue weighted by Gasteiger charge is -2.36. The van der Waals surface area contributed by atoms with Gasteiger partial charge in [0.1, 0.15) is 11.9 Å². The van der Waals surface area contributed by atoms with E-state index in [4.69, 9.17) is 18.7 Å². The minimum atomic E-state index is -0.111. The van der Waals surface area contributed by atoms with Crippen LogP contribution in [0, 0.1) is 12.8 Å². The topological polar surface area (TPSA) is 82.8 Å². The number of aryl methyl sites for hydroxylation is 1. The second-order valence-corrected chi connectivity index (χ2v) is 5.19. The summed E-state index contributed by atoms with van der Waals surface area (Å²) in [5.41, 5.74) is 0.765. The van der Waals surface area contributed by atoms with Crippen molar-refractivity contribution in [1.29, 1.82) is 0 Å². The van der Waals surface area contributed by atoms with Crippen LogP contribution in [0.1, 0.15) is 11.5 Å². The maximum atomic E-state index is 11.9. The van der Waals surface area contributed by atoms with Crippen LogP contribution < -0.4 is 5.32 Å². The van der Waals surface area contributed by atoms with Gasteiger partial charge in [-0.1, -0.05) is 5.16 Å². The Morgan fingerprint density at radius 3 is 2.86 bits per heavy atom. The second-order valence-electron chi connectivity index (χ2n) is 5.19. The number of ether oxygens (including phenoxy) is 3. The molecule has 1 N–H and O–H groups in total. The number of carbonyl (C=O) groups is 1. The van der Waals surface area contributed by atoms with E-state index in [0.29, 0.717) is 25.5 Å². The summed E-state index contributed by atoms with van der Waals surface area (Å²) in [6, 6.07) is 1.75. The van der Waals surface area contributed by atoms with Crippen molar-refractivity contribution in [2.75, 3.05) is 34.0 Å². The molecule has 0 radical (unpaired) electrons. The molecule has 1 amide bonds. The smallest absolute Gasteiger partial charge is 0.227 e. The van der Waals surface area contributed by atoms with Crippen LogP contribution in [-0.2, 0) is 25.4 Å². The van der Waals surface area contributed by atoms with Gasteiger partial charge in [0.25, 0.3) is 0 Å². The molecule has 1 aromatic heterocycles. The first-order valence-electron chi connectivity index (χ1n) is 6.96. The Morgan fingerprint density at radius 1 is 1.43 bits per heavy atom. The fraction of sp³-hybridized carbons (Fsp3) is 0.714. The van der Waals surface area contributed by atoms with Crippen molar-refractivity contribution in [1.82, 2.24) is 10.5 Å². The van der Waals surface area contributed by atoms with Crippen molar-refractivity contribution in [3.05, 3.63) is 17.5 Å². The Labute approximate surface area is 123 Å². The molecule has 7 nitrogen and oxygen atoms in total. The molecule has 0 saturated carbocycles. The summed E-state index contributed by atoms with van der Waals surface area (Å²) in [6.45, 7) is 3.35. The minimum absolute atomic E-state index is 0.0640. The Hall–Kier alpha value is -1.44. The van der Waals surface area contributed by atoms with Crippen molar-refractivity contribution in [3.63, 3.8) is 0 Å². The highest BCUT2D eigenvalue weighted by atomic mass is 16.6. The van der Waals surface area contributed by atoms with Gasteiger partial charge in [-0.3, -0.25) is 4.79 Å². The van der Waals surface area contributed by atoms with E-state index < -0.39 is 0 Å². The van der Waals surface area contributed by atoms with Crippen molar-refractivity contribution in [3.8, 4) is 0 Å². The molecule has 0 unspecified atom stereocenters. The first kappa shape index (κ1) is 15.9. The Morgan fingerprint density at radius 2 is 2.24 bits per heavy atom. The third-order valence-electron chi connectivity index (χ3n) is 3.59. The number of rotatable bonds is 6. The van der Waals surface area contributed by atoms with Crippen LogP contribution in [0.4, 0.5) is 0 Å². The van der Waals surface area contributed by atoms with E-state index in [0.717, 1.165) is 5.69 Å². The van der Waals surface area contributed by atoms with Crippen LogP contribution in [0.2, 0.25) is 0 Å². The summed E-state index contributed by atoms with van der Waals surface area (Å²) >= 11 is 0. The first-order valence-corrected chi connectivity index (χ1v) is 6.96. The Balaban J connectivity index is 1.82. The number of hydrogen-bond donors (Lipinski definition) is 1. The largest absolute Gasteiger partial charge is 0.378 e. The number of carbonyl (C=O) groups excluding carboxylic acids is 1. The summed E-state index contributed by atoms with van der Waals surface area (Å²) < 4.78 is 21.3. The van der Waals surface area contributed by atoms with E-state index in [2.05, 4.69) is 10.5 Å². The van der Waals surface area contributed by atoms with E-state index in [1.165, 1.54) is 0 Å². The SMILES string of the molecule is CO[C@H]1[C@H](CNC(=O)Cc2cc(C)no2)COC[C@H]1OC. The van der Waals surface area contributed by atoms with E-state index in [-0.39, 0.29) is 30.5 Å². The fourth-order valence-electron chi connectivity index (χ4n) is 2.52. The molecule has 1 aromatic rings. The van der Waals surface area contributed by atoms with E-state index >= 15 is 0 Å². The normalized spacial score (nSPS) is 25.8. The number of amides is 1. The van der Waals surface area contributed by atoms with Crippen LogP contribution in [0.25, 0.3) is 0 Å². The molecule has 1 saturated heterocycles. The van der Waals surface area contributed by atoms with E-state index in [1.807, 2.05) is 6.92 Å². The van der Waals surface area contributed by atoms with Crippen molar-refractivity contribution < 1.29 is 23.5 Å². The third kappa shape index (κ3) is 4.26. The molecule has 0 aromatic carbocycles. The molecular weight excluding hydrogens is 276 g/mol. The first-order chi connectivity index (χ1) is 10.1. The van der Waals surface area contributed by atoms with E-state index in [9.17, 15) is 4.79 Å². The highest BCUT2D eigenvalue weighted by molar-refractivity contribution is 5.77. The van der Waals surface area contributed by atoms with Crippen LogP contribution in [0.3, 0.4) is 0 Å². The van der Waals surface area contributed by atoms with Crippen LogP contribution in [0.5, 0.6) is 0 Å². The monoisotopic (exact) mass is 298 g/mol. The predicted molar refractivity (Wildman–Crippen MR) is 73.9 cm³/mol. The summed E-state index contributed by atoms with van der Waals surface area (Å²) in [5, 5.41) is 6.63. The molecule has 2 rings (SSSR count). The summed E-state index contributed by atoms with van der Waals surface area (Å²) in [5.74, 6) is 0.512. The molecule has 0 aliphatic carbocycles. The Kier molecular flexibility index (Phi) is 5.72. The van der Waals surface area contributed by atoms with Gasteiger partial charge in [0, 0.05) is 32.7 Å². The highest BCUT2D eigenvalue weighted by Crippen LogP contribution is 2.19. The lowest BCUT2D eigenvalue weighted by molar-refractivity contribution is -0.147. The minimum Gasteiger partial charge on any atom is -0.378 e. The van der Waals surface area contributed by atoms with Crippen LogP contribution in [0.15, 0.2) is 10.6 Å². The molecule has 1 aliphatic heterocycles. The number of nitrogens with zero attached hydrogens (tertiary/aromatic N) is 1. The van der Waals surface area contributed by atoms with Gasteiger partial charge < -0.3 is 24.1 Å². The average molecular weight is 298 g/mol. The molecule has 1 fully saturated rings. The van der Waals surface area contributed by atoms with Crippen LogP contribution in [-0.4, -0.2) is 57.2 Å². The number of aromatic nitrogens is 1. The quantitative estimate of drug-likeness (QED) is 0.814. The summed E-state index contributed by atoms with van der Waals surface area (Å²) in [4.78, 5) is 11.9. The molecule has 7 heteroatoms. The molecule has 3 atom stereocenters. The molecule has 21 heavy (non-hydrogen) atoms. The van der Waals surface area contributed by atoms with Crippen LogP contribution >= 0.6 is 0 Å². The Bertz CT molecular complexity index is 462. The molecule has 118 valence electrons. The molecule has 0 bridgehead atoms. The van der Waals surface area contributed by atoms with Gasteiger partial charge in [0.15, 0.2) is 0 Å². The van der Waals surface area contributed by atoms with Gasteiger partial charge >= 0.3 is 0 Å². The highest BCUT2D eigenvalue weighted by Gasteiger charge is 2.34. The number of hydrogen-bond acceptors (Lipinski definition) is 6. The second kappa shape index (κ2) is 7.53. The zero-order valence-electron chi connectivity index (χ0n) is 12.6. The lowest BCUT2D eigenvalue weighted by atomic mass is 9.96. The number of nitrogens with one attached hydrogen (secondary N) is 1. The van der Waals surface area contributed by atoms with Gasteiger partial charge in [-0.2, -0.15) is 0 Å². The van der Waals surface area contributed by atoms with Gasteiger partial charge in [0.2, 0.25) is 5.91 Å². The lowest BCUT2D eigenvalue weighted by Crippen LogP contribution is -2.50. The standard InChI is InChI=1S/C14H22N2O5/c1-9-4-11(21-16-9)5-13(17)15-6-10-7-20-8-12(18-2)14(10)19-3/h4,10,12,14H,5-8H2,1-3H3,(H,15,17)/t10-,12-,14+/m1/s1. The average Bonchev–Trinajstić information content (AvgIpc) is 2.89. The zero-order valence-corrected chi connectivity index (χ0v) is 12.6. The van der Waals surface area contributed by atoms with Gasteiger partial charge in [0.05, 0.1) is 31.4 Å². The van der Waals surface area contributed by atoms with Gasteiger partial charge in [-0.15, -0.1) is 0 Å². The van der Waals surface area contributed by atoms with E-state index in [1.54, 1.807) is 20.3 Å². The maximum absolute atomic E-state index is 11.9. The maximum Gasteiger partial charge on any atom is 0.227 e.